The molecular formula is C14H16N2O. The average Bonchev–Trinajstić information content (AvgIpc) is 2.79. The largest absolute Gasteiger partial charge is 0.345 e. The van der Waals surface area contributed by atoms with E-state index in [9.17, 15) is 4.79 Å². The lowest BCUT2D eigenvalue weighted by atomic mass is 9.84. The van der Waals surface area contributed by atoms with Crippen LogP contribution in [0.5, 0.6) is 0 Å². The maximum absolute atomic E-state index is 11.2. The second-order valence-electron chi connectivity index (χ2n) is 4.94. The Balaban J connectivity index is 1.73. The predicted molar refractivity (Wildman–Crippen MR) is 66.8 cm³/mol. The quantitative estimate of drug-likeness (QED) is 0.859. The summed E-state index contributed by atoms with van der Waals surface area (Å²) in [6, 6.07) is 6.40. The van der Waals surface area contributed by atoms with Gasteiger partial charge in [0.25, 0.3) is 0 Å². The summed E-state index contributed by atoms with van der Waals surface area (Å²) in [5.74, 6) is 1.11. The van der Waals surface area contributed by atoms with Crippen molar-refractivity contribution in [3.8, 4) is 0 Å². The zero-order valence-electron chi connectivity index (χ0n) is 9.78. The minimum atomic E-state index is 0.435. The lowest BCUT2D eigenvalue weighted by Gasteiger charge is -2.20. The van der Waals surface area contributed by atoms with Crippen LogP contribution < -0.4 is 0 Å². The number of carbonyl (C=O) groups excluding carboxylic acids is 1. The predicted octanol–water partition coefficient (Wildman–Crippen LogP) is 2.86. The molecule has 17 heavy (non-hydrogen) atoms. The third-order valence-electron chi connectivity index (χ3n) is 3.67. The number of benzene rings is 1. The van der Waals surface area contributed by atoms with Crippen molar-refractivity contribution < 1.29 is 4.79 Å². The number of rotatable bonds is 2. The van der Waals surface area contributed by atoms with Gasteiger partial charge in [-0.1, -0.05) is 6.07 Å². The normalized spacial score (nSPS) is 17.8. The van der Waals surface area contributed by atoms with E-state index in [2.05, 4.69) is 28.2 Å². The molecule has 3 heteroatoms. The fraction of sp³-hybridized carbons (Fsp3) is 0.429. The highest BCUT2D eigenvalue weighted by atomic mass is 16.1. The van der Waals surface area contributed by atoms with Crippen LogP contribution in [0.25, 0.3) is 11.0 Å². The van der Waals surface area contributed by atoms with Gasteiger partial charge in [0, 0.05) is 12.8 Å². The molecule has 0 amide bonds. The van der Waals surface area contributed by atoms with Crippen molar-refractivity contribution in [1.82, 2.24) is 9.97 Å². The van der Waals surface area contributed by atoms with Crippen LogP contribution in [0, 0.1) is 5.92 Å². The number of hydrogen-bond acceptors (Lipinski definition) is 2. The molecule has 1 saturated carbocycles. The van der Waals surface area contributed by atoms with Gasteiger partial charge in [0.1, 0.15) is 5.78 Å². The number of ketones is 1. The number of imidazole rings is 1. The summed E-state index contributed by atoms with van der Waals surface area (Å²) >= 11 is 0. The number of fused-ring (bicyclic) bond motifs is 1. The molecule has 1 aromatic carbocycles. The molecule has 3 nitrogen and oxygen atoms in total. The van der Waals surface area contributed by atoms with E-state index in [4.69, 9.17) is 0 Å². The first-order valence-corrected chi connectivity index (χ1v) is 6.25. The third-order valence-corrected chi connectivity index (χ3v) is 3.67. The molecule has 0 spiro atoms. The lowest BCUT2D eigenvalue weighted by Crippen LogP contribution is -2.15. The summed E-state index contributed by atoms with van der Waals surface area (Å²) in [5.41, 5.74) is 3.48. The molecule has 2 aromatic rings. The first kappa shape index (κ1) is 10.5. The summed E-state index contributed by atoms with van der Waals surface area (Å²) < 4.78 is 0. The van der Waals surface area contributed by atoms with Gasteiger partial charge in [0.2, 0.25) is 0 Å². The highest BCUT2D eigenvalue weighted by Crippen LogP contribution is 2.25. The van der Waals surface area contributed by atoms with Gasteiger partial charge in [-0.25, -0.2) is 4.98 Å². The molecule has 1 aliphatic rings. The Bertz CT molecular complexity index is 534. The molecule has 1 heterocycles. The summed E-state index contributed by atoms with van der Waals surface area (Å²) in [6.07, 6.45) is 6.48. The first-order chi connectivity index (χ1) is 8.31. The monoisotopic (exact) mass is 228 g/mol. The minimum absolute atomic E-state index is 0.435. The molecule has 1 fully saturated rings. The number of H-pyrrole nitrogens is 1. The molecule has 0 atom stereocenters. The Kier molecular flexibility index (Phi) is 2.67. The molecule has 0 bridgehead atoms. The summed E-state index contributed by atoms with van der Waals surface area (Å²) in [5, 5.41) is 0. The fourth-order valence-electron chi connectivity index (χ4n) is 2.65. The standard InChI is InChI=1S/C14H16N2O/c17-12-4-1-10(2-5-12)7-11-3-6-13-14(8-11)16-9-15-13/h3,6,8-10H,1-2,4-5,7H2,(H,15,16). The van der Waals surface area contributed by atoms with Crippen LogP contribution in [0.4, 0.5) is 0 Å². The SMILES string of the molecule is O=C1CCC(Cc2ccc3nc[nH]c3c2)CC1. The Labute approximate surface area is 100 Å². The number of Topliss-reactive ketones (excluding diaryl/α,β-unsaturated/α-hetero) is 1. The maximum Gasteiger partial charge on any atom is 0.132 e. The Morgan fingerprint density at radius 3 is 2.94 bits per heavy atom. The average molecular weight is 228 g/mol. The van der Waals surface area contributed by atoms with E-state index in [0.717, 1.165) is 43.1 Å². The van der Waals surface area contributed by atoms with Crippen LogP contribution in [-0.4, -0.2) is 15.8 Å². The zero-order valence-corrected chi connectivity index (χ0v) is 9.78. The van der Waals surface area contributed by atoms with Gasteiger partial charge in [0.05, 0.1) is 17.4 Å². The van der Waals surface area contributed by atoms with E-state index in [1.54, 1.807) is 6.33 Å². The molecule has 1 N–H and O–H groups in total. The van der Waals surface area contributed by atoms with E-state index in [1.165, 1.54) is 5.56 Å². The minimum Gasteiger partial charge on any atom is -0.345 e. The van der Waals surface area contributed by atoms with Crippen LogP contribution in [0.3, 0.4) is 0 Å². The van der Waals surface area contributed by atoms with Crippen molar-refractivity contribution in [2.24, 2.45) is 5.92 Å². The van der Waals surface area contributed by atoms with Gasteiger partial charge in [0.15, 0.2) is 0 Å². The van der Waals surface area contributed by atoms with Crippen LogP contribution in [-0.2, 0) is 11.2 Å². The molecular weight excluding hydrogens is 212 g/mol. The third kappa shape index (κ3) is 2.23. The van der Waals surface area contributed by atoms with Crippen LogP contribution in [0.1, 0.15) is 31.2 Å². The Hall–Kier alpha value is -1.64. The molecule has 0 saturated heterocycles. The zero-order chi connectivity index (χ0) is 11.7. The van der Waals surface area contributed by atoms with Gasteiger partial charge in [-0.2, -0.15) is 0 Å². The van der Waals surface area contributed by atoms with E-state index in [-0.39, 0.29) is 0 Å². The van der Waals surface area contributed by atoms with Crippen molar-refractivity contribution in [1.29, 1.82) is 0 Å². The number of nitrogens with one attached hydrogen (secondary N) is 1. The fourth-order valence-corrected chi connectivity index (χ4v) is 2.65. The molecule has 0 radical (unpaired) electrons. The van der Waals surface area contributed by atoms with Crippen molar-refractivity contribution >= 4 is 16.8 Å². The number of aromatic amines is 1. The smallest absolute Gasteiger partial charge is 0.132 e. The topological polar surface area (TPSA) is 45.8 Å². The van der Waals surface area contributed by atoms with Crippen LogP contribution in [0.2, 0.25) is 0 Å². The van der Waals surface area contributed by atoms with Gasteiger partial charge in [-0.05, 0) is 42.9 Å². The van der Waals surface area contributed by atoms with Gasteiger partial charge in [-0.15, -0.1) is 0 Å². The second-order valence-corrected chi connectivity index (χ2v) is 4.94. The van der Waals surface area contributed by atoms with Crippen molar-refractivity contribution in [2.45, 2.75) is 32.1 Å². The first-order valence-electron chi connectivity index (χ1n) is 6.25. The van der Waals surface area contributed by atoms with Gasteiger partial charge < -0.3 is 4.98 Å². The summed E-state index contributed by atoms with van der Waals surface area (Å²) in [7, 11) is 0. The number of hydrogen-bond donors (Lipinski definition) is 1. The Morgan fingerprint density at radius 1 is 1.29 bits per heavy atom. The summed E-state index contributed by atoms with van der Waals surface area (Å²) in [4.78, 5) is 18.5. The van der Waals surface area contributed by atoms with Crippen LogP contribution >= 0.6 is 0 Å². The van der Waals surface area contributed by atoms with Gasteiger partial charge >= 0.3 is 0 Å². The highest BCUT2D eigenvalue weighted by molar-refractivity contribution is 5.79. The number of carbonyl (C=O) groups is 1. The van der Waals surface area contributed by atoms with E-state index < -0.39 is 0 Å². The molecule has 88 valence electrons. The Morgan fingerprint density at radius 2 is 2.12 bits per heavy atom. The summed E-state index contributed by atoms with van der Waals surface area (Å²) in [6.45, 7) is 0. The molecule has 1 aliphatic carbocycles. The molecule has 3 rings (SSSR count). The van der Waals surface area contributed by atoms with Crippen molar-refractivity contribution in [3.63, 3.8) is 0 Å². The van der Waals surface area contributed by atoms with Crippen LogP contribution in [0.15, 0.2) is 24.5 Å². The van der Waals surface area contributed by atoms with Crippen molar-refractivity contribution in [3.05, 3.63) is 30.1 Å². The number of nitrogens with zero attached hydrogens (tertiary/aromatic N) is 1. The van der Waals surface area contributed by atoms with E-state index in [1.807, 2.05) is 0 Å². The maximum atomic E-state index is 11.2. The molecule has 0 unspecified atom stereocenters. The number of aromatic nitrogens is 2. The lowest BCUT2D eigenvalue weighted by molar-refractivity contribution is -0.120. The van der Waals surface area contributed by atoms with Gasteiger partial charge in [-0.3, -0.25) is 4.79 Å². The second kappa shape index (κ2) is 4.32. The van der Waals surface area contributed by atoms with E-state index >= 15 is 0 Å². The molecule has 1 aromatic heterocycles. The highest BCUT2D eigenvalue weighted by Gasteiger charge is 2.18. The van der Waals surface area contributed by atoms with Crippen molar-refractivity contribution in [2.75, 3.05) is 0 Å². The van der Waals surface area contributed by atoms with E-state index in [0.29, 0.717) is 11.7 Å². The molecule has 0 aliphatic heterocycles.